The maximum atomic E-state index is 12.1. The molecule has 2 aromatic heterocycles. The summed E-state index contributed by atoms with van der Waals surface area (Å²) in [7, 11) is 0.279. The van der Waals surface area contributed by atoms with E-state index < -0.39 is 9.84 Å². The average molecular weight is 401 g/mol. The molecule has 7 nitrogen and oxygen atoms in total. The minimum absolute atomic E-state index is 0.116. The van der Waals surface area contributed by atoms with Crippen LogP contribution < -0.4 is 0 Å². The lowest BCUT2D eigenvalue weighted by Gasteiger charge is -2.24. The zero-order valence-electron chi connectivity index (χ0n) is 16.3. The minimum Gasteiger partial charge on any atom is -0.385 e. The highest BCUT2D eigenvalue weighted by Crippen LogP contribution is 2.27. The molecule has 2 heterocycles. The Kier molecular flexibility index (Phi) is 6.95. The number of thiazole rings is 1. The number of rotatable bonds is 9. The summed E-state index contributed by atoms with van der Waals surface area (Å²) in [4.78, 5) is 12.2. The molecule has 0 fully saturated rings. The first-order valence-corrected chi connectivity index (χ1v) is 11.2. The largest absolute Gasteiger partial charge is 0.385 e. The summed E-state index contributed by atoms with van der Waals surface area (Å²) in [6.07, 6.45) is 3.58. The van der Waals surface area contributed by atoms with Gasteiger partial charge < -0.3 is 9.30 Å². The van der Waals surface area contributed by atoms with Gasteiger partial charge in [-0.3, -0.25) is 4.90 Å². The molecule has 9 heteroatoms. The summed E-state index contributed by atoms with van der Waals surface area (Å²) < 4.78 is 31.0. The molecule has 0 spiro atoms. The molecule has 1 atom stereocenters. The van der Waals surface area contributed by atoms with Crippen molar-refractivity contribution >= 4 is 21.2 Å². The predicted octanol–water partition coefficient (Wildman–Crippen LogP) is 2.59. The van der Waals surface area contributed by atoms with Crippen LogP contribution in [0, 0.1) is 13.8 Å². The Morgan fingerprint density at radius 2 is 2.08 bits per heavy atom. The van der Waals surface area contributed by atoms with Crippen molar-refractivity contribution in [3.05, 3.63) is 27.5 Å². The molecule has 2 rings (SSSR count). The fourth-order valence-electron chi connectivity index (χ4n) is 2.95. The van der Waals surface area contributed by atoms with Crippen molar-refractivity contribution in [2.45, 2.75) is 51.5 Å². The van der Waals surface area contributed by atoms with Crippen LogP contribution >= 0.6 is 11.3 Å². The van der Waals surface area contributed by atoms with Crippen molar-refractivity contribution in [2.75, 3.05) is 27.0 Å². The number of aryl methyl sites for hydroxylation is 2. The van der Waals surface area contributed by atoms with Gasteiger partial charge in [0.2, 0.25) is 15.0 Å². The molecule has 0 amide bonds. The maximum absolute atomic E-state index is 12.1. The smallest absolute Gasteiger partial charge is 0.227 e. The fourth-order valence-corrected chi connectivity index (χ4v) is 4.72. The van der Waals surface area contributed by atoms with Gasteiger partial charge in [0.1, 0.15) is 0 Å². The first-order chi connectivity index (χ1) is 12.1. The summed E-state index contributed by atoms with van der Waals surface area (Å²) in [5.74, 6) is 0. The molecular weight excluding hydrogens is 372 g/mol. The first-order valence-electron chi connectivity index (χ1n) is 8.52. The molecule has 0 saturated carbocycles. The van der Waals surface area contributed by atoms with E-state index in [0.29, 0.717) is 19.7 Å². The van der Waals surface area contributed by atoms with Crippen molar-refractivity contribution in [1.29, 1.82) is 0 Å². The lowest BCUT2D eigenvalue weighted by Crippen LogP contribution is -2.25. The van der Waals surface area contributed by atoms with Gasteiger partial charge in [-0.25, -0.2) is 18.4 Å². The molecule has 2 aromatic rings. The lowest BCUT2D eigenvalue weighted by atomic mass is 10.2. The highest BCUT2D eigenvalue weighted by molar-refractivity contribution is 7.90. The summed E-state index contributed by atoms with van der Waals surface area (Å²) in [6, 6.07) is 0.129. The van der Waals surface area contributed by atoms with Crippen LogP contribution in [0.1, 0.15) is 40.7 Å². The van der Waals surface area contributed by atoms with Crippen LogP contribution in [0.2, 0.25) is 0 Å². The van der Waals surface area contributed by atoms with Gasteiger partial charge in [-0.2, -0.15) is 0 Å². The van der Waals surface area contributed by atoms with Gasteiger partial charge in [-0.1, -0.05) is 0 Å². The zero-order chi connectivity index (χ0) is 19.5. The second-order valence-electron chi connectivity index (χ2n) is 6.57. The molecule has 146 valence electrons. The molecule has 0 N–H and O–H groups in total. The molecule has 0 saturated heterocycles. The van der Waals surface area contributed by atoms with E-state index >= 15 is 0 Å². The topological polar surface area (TPSA) is 77.3 Å². The van der Waals surface area contributed by atoms with Crippen molar-refractivity contribution in [3.63, 3.8) is 0 Å². The number of aromatic nitrogens is 3. The van der Waals surface area contributed by atoms with Crippen LogP contribution in [0.25, 0.3) is 0 Å². The molecule has 0 unspecified atom stereocenters. The van der Waals surface area contributed by atoms with Gasteiger partial charge in [-0.05, 0) is 34.2 Å². The molecule has 0 aliphatic carbocycles. The average Bonchev–Trinajstić information content (AvgIpc) is 3.09. The van der Waals surface area contributed by atoms with E-state index in [4.69, 9.17) is 4.74 Å². The summed E-state index contributed by atoms with van der Waals surface area (Å²) in [6.45, 7) is 7.93. The predicted molar refractivity (Wildman–Crippen MR) is 103 cm³/mol. The number of methoxy groups -OCH3 is 1. The molecular formula is C17H28N4O3S2. The molecule has 0 aliphatic rings. The van der Waals surface area contributed by atoms with E-state index in [-0.39, 0.29) is 11.2 Å². The highest BCUT2D eigenvalue weighted by Gasteiger charge is 2.22. The first kappa shape index (κ1) is 21.0. The van der Waals surface area contributed by atoms with Crippen molar-refractivity contribution in [3.8, 4) is 0 Å². The van der Waals surface area contributed by atoms with E-state index in [1.54, 1.807) is 29.2 Å². The van der Waals surface area contributed by atoms with E-state index in [9.17, 15) is 8.42 Å². The maximum Gasteiger partial charge on any atom is 0.227 e. The van der Waals surface area contributed by atoms with Crippen LogP contribution in [0.5, 0.6) is 0 Å². The molecule has 0 aliphatic heterocycles. The Morgan fingerprint density at radius 1 is 1.38 bits per heavy atom. The van der Waals surface area contributed by atoms with Crippen LogP contribution in [0.4, 0.5) is 0 Å². The molecule has 0 bridgehead atoms. The summed E-state index contributed by atoms with van der Waals surface area (Å²) in [5.41, 5.74) is 1.95. The highest BCUT2D eigenvalue weighted by atomic mass is 32.2. The SMILES string of the molecule is COCCCn1c(CN(C)[C@@H](C)c2nc(C)sc2C)cnc1S(C)(=O)=O. The third-order valence-electron chi connectivity index (χ3n) is 4.37. The summed E-state index contributed by atoms with van der Waals surface area (Å²) in [5, 5.41) is 1.17. The second-order valence-corrected chi connectivity index (χ2v) is 9.88. The van der Waals surface area contributed by atoms with Gasteiger partial charge in [0, 0.05) is 37.9 Å². The monoisotopic (exact) mass is 400 g/mol. The van der Waals surface area contributed by atoms with Crippen LogP contribution in [-0.4, -0.2) is 54.9 Å². The summed E-state index contributed by atoms with van der Waals surface area (Å²) >= 11 is 1.70. The van der Waals surface area contributed by atoms with E-state index in [0.717, 1.165) is 22.8 Å². The van der Waals surface area contributed by atoms with Crippen molar-refractivity contribution < 1.29 is 13.2 Å². The Labute approximate surface area is 160 Å². The Morgan fingerprint density at radius 3 is 2.62 bits per heavy atom. The number of imidazole rings is 1. The number of hydrogen-bond donors (Lipinski definition) is 0. The normalized spacial score (nSPS) is 13.5. The van der Waals surface area contributed by atoms with Crippen LogP contribution in [0.3, 0.4) is 0 Å². The number of sulfone groups is 1. The van der Waals surface area contributed by atoms with Crippen molar-refractivity contribution in [2.24, 2.45) is 0 Å². The Hall–Kier alpha value is -1.29. The number of ether oxygens (including phenoxy) is 1. The third kappa shape index (κ3) is 4.91. The molecule has 0 radical (unpaired) electrons. The van der Waals surface area contributed by atoms with Gasteiger partial charge in [0.15, 0.2) is 0 Å². The van der Waals surface area contributed by atoms with E-state index in [1.165, 1.54) is 11.1 Å². The van der Waals surface area contributed by atoms with Crippen LogP contribution in [0.15, 0.2) is 11.4 Å². The van der Waals surface area contributed by atoms with E-state index in [2.05, 4.69) is 28.7 Å². The zero-order valence-corrected chi connectivity index (χ0v) is 17.9. The Bertz CT molecular complexity index is 842. The van der Waals surface area contributed by atoms with Gasteiger partial charge in [-0.15, -0.1) is 11.3 Å². The Balaban J connectivity index is 2.24. The quantitative estimate of drug-likeness (QED) is 0.602. The number of nitrogens with zero attached hydrogens (tertiary/aromatic N) is 4. The van der Waals surface area contributed by atoms with Crippen molar-refractivity contribution in [1.82, 2.24) is 19.4 Å². The lowest BCUT2D eigenvalue weighted by molar-refractivity contribution is 0.187. The van der Waals surface area contributed by atoms with Gasteiger partial charge in [0.25, 0.3) is 0 Å². The number of hydrogen-bond acceptors (Lipinski definition) is 7. The molecule has 26 heavy (non-hydrogen) atoms. The van der Waals surface area contributed by atoms with Crippen LogP contribution in [-0.2, 0) is 27.7 Å². The standard InChI is InChI=1S/C17H28N4O3S2/c1-12(16-13(2)25-14(3)19-16)20(4)11-15-10-18-17(26(6,22)23)21(15)8-7-9-24-5/h10,12H,7-9,11H2,1-6H3/t12-/m0/s1. The third-order valence-corrected chi connectivity index (χ3v) is 6.26. The van der Waals surface area contributed by atoms with Gasteiger partial charge >= 0.3 is 0 Å². The van der Waals surface area contributed by atoms with E-state index in [1.807, 2.05) is 14.0 Å². The fraction of sp³-hybridized carbons (Fsp3) is 0.647. The second kappa shape index (κ2) is 8.60. The van der Waals surface area contributed by atoms with Gasteiger partial charge in [0.05, 0.1) is 28.6 Å². The molecule has 0 aromatic carbocycles. The minimum atomic E-state index is -3.38.